The normalized spacial score (nSPS) is 12.3. The SMILES string of the molecule is COCOc1cc(OCOC)c(C(O)C#C[Si](C)(C)C)cc1Br. The maximum Gasteiger partial charge on any atom is 0.188 e. The summed E-state index contributed by atoms with van der Waals surface area (Å²) in [5.74, 6) is 3.91. The fraction of sp³-hybridized carbons (Fsp3) is 0.500. The van der Waals surface area contributed by atoms with Crippen LogP contribution in [-0.2, 0) is 9.47 Å². The van der Waals surface area contributed by atoms with Crippen LogP contribution in [-0.4, -0.2) is 41.0 Å². The van der Waals surface area contributed by atoms with Crippen LogP contribution in [0.1, 0.15) is 11.7 Å². The lowest BCUT2D eigenvalue weighted by Crippen LogP contribution is -2.17. The molecular weight excluding hydrogens is 380 g/mol. The van der Waals surface area contributed by atoms with E-state index >= 15 is 0 Å². The molecule has 7 heteroatoms. The van der Waals surface area contributed by atoms with Crippen LogP contribution in [0.4, 0.5) is 0 Å². The summed E-state index contributed by atoms with van der Waals surface area (Å²) in [5.41, 5.74) is 3.72. The molecule has 1 aromatic rings. The fourth-order valence-electron chi connectivity index (χ4n) is 1.61. The molecule has 5 nitrogen and oxygen atoms in total. The summed E-state index contributed by atoms with van der Waals surface area (Å²) in [6, 6.07) is 3.41. The van der Waals surface area contributed by atoms with Gasteiger partial charge >= 0.3 is 0 Å². The minimum Gasteiger partial charge on any atom is -0.467 e. The van der Waals surface area contributed by atoms with Crippen LogP contribution >= 0.6 is 15.9 Å². The van der Waals surface area contributed by atoms with Crippen LogP contribution in [0.5, 0.6) is 11.5 Å². The van der Waals surface area contributed by atoms with Crippen molar-refractivity contribution in [2.24, 2.45) is 0 Å². The maximum absolute atomic E-state index is 10.4. The molecule has 23 heavy (non-hydrogen) atoms. The Hall–Kier alpha value is -1.04. The minimum absolute atomic E-state index is 0.0620. The molecule has 0 aliphatic rings. The average molecular weight is 403 g/mol. The van der Waals surface area contributed by atoms with Crippen molar-refractivity contribution in [2.45, 2.75) is 25.7 Å². The Bertz CT molecular complexity index is 574. The molecule has 0 bridgehead atoms. The number of halogens is 1. The molecule has 0 spiro atoms. The van der Waals surface area contributed by atoms with Crippen molar-refractivity contribution in [3.63, 3.8) is 0 Å². The van der Waals surface area contributed by atoms with E-state index in [0.29, 0.717) is 21.5 Å². The van der Waals surface area contributed by atoms with Crippen LogP contribution in [0, 0.1) is 11.5 Å². The number of aliphatic hydroxyl groups excluding tert-OH is 1. The molecule has 0 saturated carbocycles. The Labute approximate surface area is 147 Å². The molecule has 0 aliphatic heterocycles. The molecule has 0 aromatic heterocycles. The highest BCUT2D eigenvalue weighted by Gasteiger charge is 2.17. The number of methoxy groups -OCH3 is 2. The summed E-state index contributed by atoms with van der Waals surface area (Å²) >= 11 is 3.42. The number of benzene rings is 1. The van der Waals surface area contributed by atoms with E-state index in [-0.39, 0.29) is 13.6 Å². The molecule has 1 atom stereocenters. The van der Waals surface area contributed by atoms with Gasteiger partial charge in [-0.1, -0.05) is 25.6 Å². The second-order valence-corrected chi connectivity index (χ2v) is 11.4. The highest BCUT2D eigenvalue weighted by molar-refractivity contribution is 9.10. The summed E-state index contributed by atoms with van der Waals surface area (Å²) in [6.07, 6.45) is -0.943. The molecule has 1 rings (SSSR count). The van der Waals surface area contributed by atoms with Gasteiger partial charge in [-0.25, -0.2) is 0 Å². The van der Waals surface area contributed by atoms with Gasteiger partial charge in [0, 0.05) is 25.8 Å². The van der Waals surface area contributed by atoms with Gasteiger partial charge in [0.05, 0.1) is 4.47 Å². The van der Waals surface area contributed by atoms with E-state index in [9.17, 15) is 5.11 Å². The van der Waals surface area contributed by atoms with Crippen LogP contribution in [0.2, 0.25) is 19.6 Å². The molecule has 1 unspecified atom stereocenters. The number of ether oxygens (including phenoxy) is 4. The van der Waals surface area contributed by atoms with E-state index in [1.165, 1.54) is 7.11 Å². The smallest absolute Gasteiger partial charge is 0.188 e. The van der Waals surface area contributed by atoms with Crippen molar-refractivity contribution in [1.82, 2.24) is 0 Å². The quantitative estimate of drug-likeness (QED) is 0.430. The van der Waals surface area contributed by atoms with E-state index in [1.54, 1.807) is 19.2 Å². The summed E-state index contributed by atoms with van der Waals surface area (Å²) in [4.78, 5) is 0. The van der Waals surface area contributed by atoms with E-state index in [1.807, 2.05) is 0 Å². The van der Waals surface area contributed by atoms with Crippen molar-refractivity contribution in [3.05, 3.63) is 22.2 Å². The Morgan fingerprint density at radius 2 is 1.65 bits per heavy atom. The topological polar surface area (TPSA) is 57.2 Å². The second-order valence-electron chi connectivity index (χ2n) is 5.84. The number of hydrogen-bond donors (Lipinski definition) is 1. The predicted molar refractivity (Wildman–Crippen MR) is 95.2 cm³/mol. The number of rotatable bonds is 7. The molecular formula is C16H23BrO5Si. The molecule has 0 radical (unpaired) electrons. The van der Waals surface area contributed by atoms with Gasteiger partial charge in [0.1, 0.15) is 25.7 Å². The van der Waals surface area contributed by atoms with Gasteiger partial charge in [-0.05, 0) is 22.0 Å². The van der Waals surface area contributed by atoms with Gasteiger partial charge < -0.3 is 24.1 Å². The molecule has 128 valence electrons. The van der Waals surface area contributed by atoms with E-state index in [0.717, 1.165) is 0 Å². The molecule has 1 aromatic carbocycles. The minimum atomic E-state index is -1.58. The Morgan fingerprint density at radius 1 is 1.09 bits per heavy atom. The first-order valence-corrected chi connectivity index (χ1v) is 11.4. The molecule has 0 amide bonds. The van der Waals surface area contributed by atoms with Crippen molar-refractivity contribution in [3.8, 4) is 23.0 Å². The zero-order chi connectivity index (χ0) is 17.5. The van der Waals surface area contributed by atoms with Gasteiger partial charge in [0.15, 0.2) is 13.6 Å². The van der Waals surface area contributed by atoms with E-state index in [4.69, 9.17) is 18.9 Å². The van der Waals surface area contributed by atoms with Gasteiger partial charge in [-0.15, -0.1) is 5.54 Å². The third-order valence-corrected chi connectivity index (χ3v) is 4.12. The highest BCUT2D eigenvalue weighted by Crippen LogP contribution is 2.36. The summed E-state index contributed by atoms with van der Waals surface area (Å²) in [5, 5.41) is 10.4. The molecule has 0 saturated heterocycles. The molecule has 1 N–H and O–H groups in total. The first kappa shape index (κ1) is 20.0. The number of aliphatic hydroxyl groups is 1. The van der Waals surface area contributed by atoms with Crippen molar-refractivity contribution >= 4 is 24.0 Å². The lowest BCUT2D eigenvalue weighted by Gasteiger charge is -2.16. The first-order valence-electron chi connectivity index (χ1n) is 7.06. The maximum atomic E-state index is 10.4. The van der Waals surface area contributed by atoms with E-state index in [2.05, 4.69) is 47.0 Å². The second kappa shape index (κ2) is 9.30. The van der Waals surface area contributed by atoms with Crippen LogP contribution < -0.4 is 9.47 Å². The van der Waals surface area contributed by atoms with Crippen LogP contribution in [0.25, 0.3) is 0 Å². The van der Waals surface area contributed by atoms with Gasteiger partial charge in [-0.3, -0.25) is 0 Å². The third kappa shape index (κ3) is 6.93. The Balaban J connectivity index is 3.16. The summed E-state index contributed by atoms with van der Waals surface area (Å²) in [6.45, 7) is 6.53. The molecule has 0 heterocycles. The Morgan fingerprint density at radius 3 is 2.17 bits per heavy atom. The standard InChI is InChI=1S/C16H23BrO5Si/c1-19-10-21-15-9-16(22-11-20-2)13(17)8-12(15)14(18)6-7-23(3,4)5/h8-9,14,18H,10-11H2,1-5H3. The average Bonchev–Trinajstić information content (AvgIpc) is 2.49. The summed E-state index contributed by atoms with van der Waals surface area (Å²) in [7, 11) is 1.49. The number of hydrogen-bond acceptors (Lipinski definition) is 5. The van der Waals surface area contributed by atoms with Gasteiger partial charge in [-0.2, -0.15) is 0 Å². The van der Waals surface area contributed by atoms with Crippen molar-refractivity contribution in [1.29, 1.82) is 0 Å². The summed E-state index contributed by atoms with van der Waals surface area (Å²) < 4.78 is 21.5. The largest absolute Gasteiger partial charge is 0.467 e. The van der Waals surface area contributed by atoms with Crippen LogP contribution in [0.15, 0.2) is 16.6 Å². The van der Waals surface area contributed by atoms with E-state index < -0.39 is 14.2 Å². The van der Waals surface area contributed by atoms with Gasteiger partial charge in [0.25, 0.3) is 0 Å². The third-order valence-electron chi connectivity index (χ3n) is 2.61. The van der Waals surface area contributed by atoms with Crippen molar-refractivity contribution in [2.75, 3.05) is 27.8 Å². The fourth-order valence-corrected chi connectivity index (χ4v) is 2.65. The lowest BCUT2D eigenvalue weighted by molar-refractivity contribution is 0.0443. The highest BCUT2D eigenvalue weighted by atomic mass is 79.9. The zero-order valence-corrected chi connectivity index (χ0v) is 16.7. The molecule has 0 aliphatic carbocycles. The predicted octanol–water partition coefficient (Wildman–Crippen LogP) is 3.33. The zero-order valence-electron chi connectivity index (χ0n) is 14.1. The lowest BCUT2D eigenvalue weighted by atomic mass is 10.1. The Kier molecular flexibility index (Phi) is 8.09. The molecule has 0 fully saturated rings. The monoisotopic (exact) mass is 402 g/mol. The first-order chi connectivity index (χ1) is 10.8. The van der Waals surface area contributed by atoms with Crippen molar-refractivity contribution < 1.29 is 24.1 Å². The van der Waals surface area contributed by atoms with Gasteiger partial charge in [0.2, 0.25) is 0 Å². The van der Waals surface area contributed by atoms with Crippen LogP contribution in [0.3, 0.4) is 0 Å².